The lowest BCUT2D eigenvalue weighted by molar-refractivity contribution is -0.114. The van der Waals surface area contributed by atoms with Gasteiger partial charge in [-0.2, -0.15) is 0 Å². The molecule has 2 aliphatic rings. The SMILES string of the molecule is CC(=O)Nc1cccc2c1CC1N(CC(C)OCc3ccccc3)CCC2(C)C1(C)C.Cl. The van der Waals surface area contributed by atoms with Crippen LogP contribution in [-0.4, -0.2) is 36.0 Å². The topological polar surface area (TPSA) is 41.6 Å². The number of nitrogens with one attached hydrogen (secondary N) is 1. The largest absolute Gasteiger partial charge is 0.373 e. The van der Waals surface area contributed by atoms with Crippen LogP contribution in [0.5, 0.6) is 0 Å². The second-order valence-corrected chi connectivity index (χ2v) is 10.1. The maximum atomic E-state index is 11.8. The van der Waals surface area contributed by atoms with Crippen molar-refractivity contribution in [3.8, 4) is 0 Å². The van der Waals surface area contributed by atoms with Crippen molar-refractivity contribution in [1.82, 2.24) is 4.90 Å². The van der Waals surface area contributed by atoms with Gasteiger partial charge < -0.3 is 10.1 Å². The third-order valence-electron chi connectivity index (χ3n) is 7.94. The maximum Gasteiger partial charge on any atom is 0.221 e. The quantitative estimate of drug-likeness (QED) is 0.616. The highest BCUT2D eigenvalue weighted by Gasteiger charge is 2.56. The zero-order valence-corrected chi connectivity index (χ0v) is 20.8. The zero-order chi connectivity index (χ0) is 22.2. The highest BCUT2D eigenvalue weighted by Crippen LogP contribution is 2.57. The molecule has 1 aliphatic carbocycles. The van der Waals surface area contributed by atoms with Gasteiger partial charge in [0.2, 0.25) is 5.91 Å². The lowest BCUT2D eigenvalue weighted by Crippen LogP contribution is -2.64. The minimum Gasteiger partial charge on any atom is -0.373 e. The molecule has 0 aromatic heterocycles. The molecule has 2 aromatic rings. The molecule has 2 bridgehead atoms. The van der Waals surface area contributed by atoms with E-state index in [4.69, 9.17) is 4.74 Å². The van der Waals surface area contributed by atoms with Crippen molar-refractivity contribution in [2.24, 2.45) is 5.41 Å². The fraction of sp³-hybridized carbons (Fsp3) is 0.519. The minimum atomic E-state index is -0.00617. The summed E-state index contributed by atoms with van der Waals surface area (Å²) in [6.07, 6.45) is 2.23. The van der Waals surface area contributed by atoms with Crippen LogP contribution in [0.15, 0.2) is 48.5 Å². The molecular formula is C27H37ClN2O2. The number of anilines is 1. The number of hydrogen-bond acceptors (Lipinski definition) is 3. The van der Waals surface area contributed by atoms with Crippen molar-refractivity contribution in [1.29, 1.82) is 0 Å². The molecule has 1 fully saturated rings. The predicted octanol–water partition coefficient (Wildman–Crippen LogP) is 5.59. The van der Waals surface area contributed by atoms with Gasteiger partial charge in [0, 0.05) is 30.6 Å². The van der Waals surface area contributed by atoms with Gasteiger partial charge in [-0.1, -0.05) is 63.2 Å². The first-order chi connectivity index (χ1) is 14.7. The average Bonchev–Trinajstić information content (AvgIpc) is 2.72. The number of ether oxygens (including phenoxy) is 1. The fourth-order valence-corrected chi connectivity index (χ4v) is 5.77. The van der Waals surface area contributed by atoms with Gasteiger partial charge in [-0.15, -0.1) is 12.4 Å². The summed E-state index contributed by atoms with van der Waals surface area (Å²) in [4.78, 5) is 14.4. The van der Waals surface area contributed by atoms with Crippen LogP contribution >= 0.6 is 12.4 Å². The van der Waals surface area contributed by atoms with Gasteiger partial charge in [-0.25, -0.2) is 0 Å². The van der Waals surface area contributed by atoms with E-state index in [9.17, 15) is 4.79 Å². The molecule has 5 heteroatoms. The summed E-state index contributed by atoms with van der Waals surface area (Å²) in [5, 5.41) is 3.08. The van der Waals surface area contributed by atoms with E-state index in [2.05, 4.69) is 74.3 Å². The Balaban J connectivity index is 0.00000289. The number of halogens is 1. The van der Waals surface area contributed by atoms with Gasteiger partial charge >= 0.3 is 0 Å². The highest BCUT2D eigenvalue weighted by molar-refractivity contribution is 5.90. The molecular weight excluding hydrogens is 420 g/mol. The van der Waals surface area contributed by atoms with Gasteiger partial charge in [0.05, 0.1) is 12.7 Å². The van der Waals surface area contributed by atoms with Crippen LogP contribution in [0.2, 0.25) is 0 Å². The van der Waals surface area contributed by atoms with Crippen molar-refractivity contribution in [2.45, 2.75) is 71.6 Å². The Hall–Kier alpha value is -1.88. The van der Waals surface area contributed by atoms with E-state index in [1.54, 1.807) is 6.92 Å². The van der Waals surface area contributed by atoms with E-state index in [0.29, 0.717) is 12.6 Å². The van der Waals surface area contributed by atoms with Crippen molar-refractivity contribution in [3.05, 3.63) is 65.2 Å². The number of likely N-dealkylation sites (tertiary alicyclic amines) is 1. The number of hydrogen-bond donors (Lipinski definition) is 1. The van der Waals surface area contributed by atoms with Gasteiger partial charge in [0.25, 0.3) is 0 Å². The molecule has 0 radical (unpaired) electrons. The van der Waals surface area contributed by atoms with E-state index >= 15 is 0 Å². The number of benzene rings is 2. The number of amides is 1. The van der Waals surface area contributed by atoms with Gasteiger partial charge in [0.15, 0.2) is 0 Å². The number of fused-ring (bicyclic) bond motifs is 4. The summed E-state index contributed by atoms with van der Waals surface area (Å²) in [5.74, 6) is -0.00617. The van der Waals surface area contributed by atoms with E-state index < -0.39 is 0 Å². The lowest BCUT2D eigenvalue weighted by atomic mass is 9.51. The first-order valence-electron chi connectivity index (χ1n) is 11.5. The van der Waals surface area contributed by atoms with E-state index in [-0.39, 0.29) is 35.2 Å². The molecule has 4 nitrogen and oxygen atoms in total. The smallest absolute Gasteiger partial charge is 0.221 e. The molecule has 4 rings (SSSR count). The summed E-state index contributed by atoms with van der Waals surface area (Å²) in [6.45, 7) is 13.7. The first kappa shape index (κ1) is 24.8. The normalized spacial score (nSPS) is 24.7. The van der Waals surface area contributed by atoms with E-state index in [0.717, 1.165) is 31.6 Å². The van der Waals surface area contributed by atoms with Crippen LogP contribution in [0.1, 0.15) is 57.7 Å². The molecule has 3 atom stereocenters. The monoisotopic (exact) mass is 456 g/mol. The average molecular weight is 457 g/mol. The summed E-state index contributed by atoms with van der Waals surface area (Å²) >= 11 is 0. The van der Waals surface area contributed by atoms with Crippen LogP contribution < -0.4 is 5.32 Å². The Morgan fingerprint density at radius 1 is 1.16 bits per heavy atom. The summed E-state index contributed by atoms with van der Waals surface area (Å²) in [6, 6.07) is 17.2. The standard InChI is InChI=1S/C27H36N2O2.ClH/c1-19(31-18-21-10-7-6-8-11-21)17-29-15-14-27(5)23-12-9-13-24(28-20(2)30)22(23)16-25(29)26(27,3)4;/h6-13,19,25H,14-18H2,1-5H3,(H,28,30);1H. The van der Waals surface area contributed by atoms with Crippen molar-refractivity contribution >= 4 is 24.0 Å². The number of nitrogens with zero attached hydrogens (tertiary/aromatic N) is 1. The lowest BCUT2D eigenvalue weighted by Gasteiger charge is -2.61. The zero-order valence-electron chi connectivity index (χ0n) is 20.0. The van der Waals surface area contributed by atoms with Crippen molar-refractivity contribution in [2.75, 3.05) is 18.4 Å². The van der Waals surface area contributed by atoms with Crippen LogP contribution in [0.3, 0.4) is 0 Å². The highest BCUT2D eigenvalue weighted by atomic mass is 35.5. The third kappa shape index (κ3) is 4.46. The first-order valence-corrected chi connectivity index (χ1v) is 11.5. The third-order valence-corrected chi connectivity index (χ3v) is 7.94. The van der Waals surface area contributed by atoms with Crippen LogP contribution in [0.25, 0.3) is 0 Å². The molecule has 1 saturated heterocycles. The van der Waals surface area contributed by atoms with Crippen LogP contribution in [0, 0.1) is 5.41 Å². The number of carbonyl (C=O) groups excluding carboxylic acids is 1. The Bertz CT molecular complexity index is 946. The minimum absolute atomic E-state index is 0. The molecule has 1 N–H and O–H groups in total. The Morgan fingerprint density at radius 3 is 2.56 bits per heavy atom. The number of rotatable bonds is 6. The van der Waals surface area contributed by atoms with E-state index in [1.807, 2.05) is 12.1 Å². The van der Waals surface area contributed by atoms with Gasteiger partial charge in [-0.05, 0) is 54.5 Å². The second-order valence-electron chi connectivity index (χ2n) is 10.1. The molecule has 2 aromatic carbocycles. The summed E-state index contributed by atoms with van der Waals surface area (Å²) < 4.78 is 6.21. The Morgan fingerprint density at radius 2 is 1.88 bits per heavy atom. The Labute approximate surface area is 199 Å². The summed E-state index contributed by atoms with van der Waals surface area (Å²) in [5.41, 5.74) is 5.14. The van der Waals surface area contributed by atoms with Crippen molar-refractivity contribution in [3.63, 3.8) is 0 Å². The number of carbonyl (C=O) groups is 1. The molecule has 1 aliphatic heterocycles. The molecule has 1 heterocycles. The fourth-order valence-electron chi connectivity index (χ4n) is 5.77. The van der Waals surface area contributed by atoms with Crippen LogP contribution in [0.4, 0.5) is 5.69 Å². The molecule has 0 spiro atoms. The number of piperidine rings is 1. The van der Waals surface area contributed by atoms with Crippen LogP contribution in [-0.2, 0) is 28.0 Å². The molecule has 0 saturated carbocycles. The van der Waals surface area contributed by atoms with Gasteiger partial charge in [-0.3, -0.25) is 9.69 Å². The molecule has 3 unspecified atom stereocenters. The van der Waals surface area contributed by atoms with E-state index in [1.165, 1.54) is 16.7 Å². The van der Waals surface area contributed by atoms with Crippen molar-refractivity contribution < 1.29 is 9.53 Å². The second kappa shape index (κ2) is 9.54. The molecule has 32 heavy (non-hydrogen) atoms. The van der Waals surface area contributed by atoms with Gasteiger partial charge in [0.1, 0.15) is 0 Å². The summed E-state index contributed by atoms with van der Waals surface area (Å²) in [7, 11) is 0. The molecule has 174 valence electrons. The Kier molecular flexibility index (Phi) is 7.38. The predicted molar refractivity (Wildman–Crippen MR) is 134 cm³/mol. The molecule has 1 amide bonds. The maximum absolute atomic E-state index is 11.8.